The van der Waals surface area contributed by atoms with Crippen LogP contribution < -0.4 is 5.43 Å². The topological polar surface area (TPSA) is 49.9 Å². The van der Waals surface area contributed by atoms with Crippen molar-refractivity contribution in [3.8, 4) is 11.3 Å². The molecule has 0 bridgehead atoms. The number of H-pyrrole nitrogens is 1. The summed E-state index contributed by atoms with van der Waals surface area (Å²) in [6.45, 7) is 1.81. The van der Waals surface area contributed by atoms with Crippen molar-refractivity contribution in [3.63, 3.8) is 0 Å². The highest BCUT2D eigenvalue weighted by molar-refractivity contribution is 6.20. The third-order valence-electron chi connectivity index (χ3n) is 2.83. The Morgan fingerprint density at radius 2 is 1.75 bits per heavy atom. The van der Waals surface area contributed by atoms with Gasteiger partial charge in [-0.3, -0.25) is 9.59 Å². The molecule has 1 aromatic heterocycles. The molecule has 3 rings (SSSR count). The van der Waals surface area contributed by atoms with Gasteiger partial charge in [0.25, 0.3) is 0 Å². The first-order valence-electron chi connectivity index (χ1n) is 5.06. The average Bonchev–Trinajstić information content (AvgIpc) is 2.54. The summed E-state index contributed by atoms with van der Waals surface area (Å²) < 4.78 is 0. The van der Waals surface area contributed by atoms with Gasteiger partial charge in [0.05, 0.1) is 11.3 Å². The maximum Gasteiger partial charge on any atom is 0.199 e. The van der Waals surface area contributed by atoms with Crippen molar-refractivity contribution >= 4 is 5.78 Å². The lowest BCUT2D eigenvalue weighted by Crippen LogP contribution is -2.13. The Bertz CT molecular complexity index is 668. The number of hydrogen-bond acceptors (Lipinski definition) is 2. The highest BCUT2D eigenvalue weighted by atomic mass is 16.1. The van der Waals surface area contributed by atoms with Crippen LogP contribution in [0.4, 0.5) is 0 Å². The fourth-order valence-electron chi connectivity index (χ4n) is 2.15. The van der Waals surface area contributed by atoms with Crippen LogP contribution in [0.5, 0.6) is 0 Å². The Labute approximate surface area is 91.8 Å². The van der Waals surface area contributed by atoms with E-state index in [1.807, 2.05) is 19.1 Å². The SMILES string of the molecule is Cc1cc(=O)c2c([nH]1)-c1ccccc1C2=O. The molecule has 1 aliphatic carbocycles. The van der Waals surface area contributed by atoms with E-state index in [2.05, 4.69) is 4.98 Å². The molecule has 1 N–H and O–H groups in total. The van der Waals surface area contributed by atoms with E-state index in [0.29, 0.717) is 11.3 Å². The summed E-state index contributed by atoms with van der Waals surface area (Å²) in [6.07, 6.45) is 0. The zero-order valence-corrected chi connectivity index (χ0v) is 8.70. The van der Waals surface area contributed by atoms with Gasteiger partial charge < -0.3 is 4.98 Å². The summed E-state index contributed by atoms with van der Waals surface area (Å²) in [4.78, 5) is 26.9. The second-order valence-electron chi connectivity index (χ2n) is 3.94. The number of aromatic amines is 1. The van der Waals surface area contributed by atoms with E-state index in [1.165, 1.54) is 6.07 Å². The third kappa shape index (κ3) is 1.03. The van der Waals surface area contributed by atoms with Gasteiger partial charge in [-0.2, -0.15) is 0 Å². The largest absolute Gasteiger partial charge is 0.358 e. The van der Waals surface area contributed by atoms with E-state index in [1.54, 1.807) is 12.1 Å². The van der Waals surface area contributed by atoms with Crippen molar-refractivity contribution in [1.82, 2.24) is 4.98 Å². The van der Waals surface area contributed by atoms with Gasteiger partial charge in [0.15, 0.2) is 11.2 Å². The Kier molecular flexibility index (Phi) is 1.66. The fraction of sp³-hybridized carbons (Fsp3) is 0.0769. The van der Waals surface area contributed by atoms with E-state index >= 15 is 0 Å². The first-order valence-corrected chi connectivity index (χ1v) is 5.06. The molecular weight excluding hydrogens is 202 g/mol. The molecule has 0 saturated heterocycles. The molecule has 0 radical (unpaired) electrons. The number of benzene rings is 1. The minimum Gasteiger partial charge on any atom is -0.358 e. The molecule has 3 heteroatoms. The smallest absolute Gasteiger partial charge is 0.199 e. The molecule has 16 heavy (non-hydrogen) atoms. The second-order valence-corrected chi connectivity index (χ2v) is 3.94. The molecule has 0 unspecified atom stereocenters. The number of pyridine rings is 1. The number of ketones is 1. The van der Waals surface area contributed by atoms with Gasteiger partial charge in [-0.1, -0.05) is 24.3 Å². The number of carbonyl (C=O) groups is 1. The normalized spacial score (nSPS) is 12.4. The minimum atomic E-state index is -0.201. The molecule has 0 atom stereocenters. The van der Waals surface area contributed by atoms with E-state index < -0.39 is 0 Å². The number of nitrogens with one attached hydrogen (secondary N) is 1. The van der Waals surface area contributed by atoms with Crippen molar-refractivity contribution < 1.29 is 4.79 Å². The van der Waals surface area contributed by atoms with Crippen LogP contribution in [-0.2, 0) is 0 Å². The second kappa shape index (κ2) is 2.92. The zero-order valence-electron chi connectivity index (χ0n) is 8.70. The van der Waals surface area contributed by atoms with Gasteiger partial charge in [-0.05, 0) is 6.92 Å². The Hall–Kier alpha value is -2.16. The lowest BCUT2D eigenvalue weighted by Gasteiger charge is -2.00. The van der Waals surface area contributed by atoms with Crippen LogP contribution in [-0.4, -0.2) is 10.8 Å². The van der Waals surface area contributed by atoms with Crippen molar-refractivity contribution in [2.75, 3.05) is 0 Å². The van der Waals surface area contributed by atoms with Gasteiger partial charge in [-0.15, -0.1) is 0 Å². The van der Waals surface area contributed by atoms with E-state index in [9.17, 15) is 9.59 Å². The molecule has 1 heterocycles. The highest BCUT2D eigenvalue weighted by Crippen LogP contribution is 2.32. The molecule has 1 aliphatic rings. The molecular formula is C13H9NO2. The van der Waals surface area contributed by atoms with Crippen molar-refractivity contribution in [1.29, 1.82) is 0 Å². The van der Waals surface area contributed by atoms with Gasteiger partial charge in [0.1, 0.15) is 0 Å². The van der Waals surface area contributed by atoms with E-state index in [0.717, 1.165) is 11.3 Å². The Morgan fingerprint density at radius 1 is 1.06 bits per heavy atom. The van der Waals surface area contributed by atoms with Crippen molar-refractivity contribution in [3.05, 3.63) is 57.4 Å². The molecule has 0 saturated carbocycles. The highest BCUT2D eigenvalue weighted by Gasteiger charge is 2.29. The number of aryl methyl sites for hydroxylation is 1. The first kappa shape index (κ1) is 9.09. The predicted molar refractivity (Wildman–Crippen MR) is 60.7 cm³/mol. The molecule has 2 aromatic rings. The molecule has 78 valence electrons. The summed E-state index contributed by atoms with van der Waals surface area (Å²) in [7, 11) is 0. The van der Waals surface area contributed by atoms with Crippen molar-refractivity contribution in [2.24, 2.45) is 0 Å². The lowest BCUT2D eigenvalue weighted by molar-refractivity contribution is 0.104. The minimum absolute atomic E-state index is 0.174. The van der Waals surface area contributed by atoms with E-state index in [-0.39, 0.29) is 16.8 Å². The summed E-state index contributed by atoms with van der Waals surface area (Å²) in [5.74, 6) is -0.174. The summed E-state index contributed by atoms with van der Waals surface area (Å²) in [5, 5.41) is 0. The van der Waals surface area contributed by atoms with Gasteiger partial charge in [0.2, 0.25) is 0 Å². The van der Waals surface area contributed by atoms with E-state index in [4.69, 9.17) is 0 Å². The summed E-state index contributed by atoms with van der Waals surface area (Å²) in [6, 6.07) is 8.74. The van der Waals surface area contributed by atoms with Crippen LogP contribution in [0.25, 0.3) is 11.3 Å². The molecule has 0 aliphatic heterocycles. The maximum atomic E-state index is 12.0. The predicted octanol–water partition coefficient (Wildman–Crippen LogP) is 1.89. The Balaban J connectivity index is 2.47. The summed E-state index contributed by atoms with van der Waals surface area (Å²) >= 11 is 0. The Morgan fingerprint density at radius 3 is 2.50 bits per heavy atom. The van der Waals surface area contributed by atoms with Crippen LogP contribution in [0.15, 0.2) is 35.1 Å². The van der Waals surface area contributed by atoms with Crippen LogP contribution in [0.3, 0.4) is 0 Å². The lowest BCUT2D eigenvalue weighted by atomic mass is 10.1. The van der Waals surface area contributed by atoms with Crippen LogP contribution in [0.2, 0.25) is 0 Å². The molecule has 3 nitrogen and oxygen atoms in total. The molecule has 0 fully saturated rings. The standard InChI is InChI=1S/C13H9NO2/c1-7-6-10(15)11-12(14-7)8-4-2-3-5-9(8)13(11)16/h2-6H,1H3,(H,14,15). The van der Waals surface area contributed by atoms with Crippen LogP contribution >= 0.6 is 0 Å². The number of carbonyl (C=O) groups excluding carboxylic acids is 1. The number of rotatable bonds is 0. The number of aromatic nitrogens is 1. The fourth-order valence-corrected chi connectivity index (χ4v) is 2.15. The maximum absolute atomic E-state index is 12.0. The quantitative estimate of drug-likeness (QED) is 0.617. The van der Waals surface area contributed by atoms with Crippen LogP contribution in [0, 0.1) is 6.92 Å². The molecule has 1 aromatic carbocycles. The van der Waals surface area contributed by atoms with Gasteiger partial charge >= 0.3 is 0 Å². The zero-order chi connectivity index (χ0) is 11.3. The van der Waals surface area contributed by atoms with Crippen molar-refractivity contribution in [2.45, 2.75) is 6.92 Å². The molecule has 0 amide bonds. The average molecular weight is 211 g/mol. The third-order valence-corrected chi connectivity index (χ3v) is 2.83. The monoisotopic (exact) mass is 211 g/mol. The summed E-state index contributed by atoms with van der Waals surface area (Å²) in [5.41, 5.74) is 2.93. The number of hydrogen-bond donors (Lipinski definition) is 1. The van der Waals surface area contributed by atoms with Crippen LogP contribution in [0.1, 0.15) is 21.6 Å². The number of fused-ring (bicyclic) bond motifs is 3. The van der Waals surface area contributed by atoms with Gasteiger partial charge in [0, 0.05) is 22.9 Å². The first-order chi connectivity index (χ1) is 7.68. The van der Waals surface area contributed by atoms with Gasteiger partial charge in [-0.25, -0.2) is 0 Å². The molecule has 0 spiro atoms.